The van der Waals surface area contributed by atoms with Crippen LogP contribution in [0.4, 0.5) is 0 Å². The fraction of sp³-hybridized carbons (Fsp3) is 0.824. The van der Waals surface area contributed by atoms with Gasteiger partial charge in [-0.15, -0.1) is 0 Å². The van der Waals surface area contributed by atoms with Crippen molar-refractivity contribution in [1.29, 1.82) is 0 Å². The van der Waals surface area contributed by atoms with Gasteiger partial charge in [0.25, 0.3) is 0 Å². The van der Waals surface area contributed by atoms with Crippen LogP contribution in [-0.4, -0.2) is 29.2 Å². The van der Waals surface area contributed by atoms with Crippen molar-refractivity contribution in [2.24, 2.45) is 10.9 Å². The van der Waals surface area contributed by atoms with Gasteiger partial charge in [-0.3, -0.25) is 4.99 Å². The van der Waals surface area contributed by atoms with Crippen molar-refractivity contribution in [3.05, 3.63) is 11.7 Å². The van der Waals surface area contributed by atoms with Crippen molar-refractivity contribution in [3.8, 4) is 0 Å². The molecule has 0 aliphatic carbocycles. The number of nitrogens with one attached hydrogen (secondary N) is 2. The maximum Gasteiger partial charge on any atom is 0.232 e. The molecule has 0 bridgehead atoms. The number of nitrogens with zero attached hydrogens (tertiary/aromatic N) is 3. The molecule has 6 nitrogen and oxygen atoms in total. The molecule has 0 aromatic carbocycles. The van der Waals surface area contributed by atoms with Crippen LogP contribution in [0.1, 0.15) is 72.5 Å². The number of hydrogen-bond acceptors (Lipinski definition) is 4. The highest BCUT2D eigenvalue weighted by molar-refractivity contribution is 5.79. The summed E-state index contributed by atoms with van der Waals surface area (Å²) in [5, 5.41) is 10.6. The zero-order valence-electron chi connectivity index (χ0n) is 15.7. The number of aliphatic imine (C=N–C) groups is 1. The molecule has 0 amide bonds. The monoisotopic (exact) mass is 323 g/mol. The third kappa shape index (κ3) is 7.48. The summed E-state index contributed by atoms with van der Waals surface area (Å²) < 4.78 is 5.29. The molecule has 23 heavy (non-hydrogen) atoms. The fourth-order valence-electron chi connectivity index (χ4n) is 2.13. The van der Waals surface area contributed by atoms with Gasteiger partial charge in [-0.05, 0) is 19.3 Å². The Morgan fingerprint density at radius 1 is 1.22 bits per heavy atom. The van der Waals surface area contributed by atoms with E-state index >= 15 is 0 Å². The van der Waals surface area contributed by atoms with Gasteiger partial charge in [0.2, 0.25) is 5.89 Å². The minimum absolute atomic E-state index is 0.129. The first-order valence-corrected chi connectivity index (χ1v) is 8.52. The first-order chi connectivity index (χ1) is 10.7. The third-order valence-electron chi connectivity index (χ3n) is 3.55. The van der Waals surface area contributed by atoms with Gasteiger partial charge in [-0.2, -0.15) is 4.98 Å². The molecule has 1 unspecified atom stereocenters. The Morgan fingerprint density at radius 3 is 2.43 bits per heavy atom. The summed E-state index contributed by atoms with van der Waals surface area (Å²) in [5.41, 5.74) is -0.129. The van der Waals surface area contributed by atoms with Crippen LogP contribution in [0.15, 0.2) is 9.52 Å². The van der Waals surface area contributed by atoms with Crippen LogP contribution >= 0.6 is 0 Å². The number of hydrogen-bond donors (Lipinski definition) is 2. The third-order valence-corrected chi connectivity index (χ3v) is 3.55. The molecule has 1 aromatic rings. The molecule has 0 saturated heterocycles. The van der Waals surface area contributed by atoms with E-state index in [0.29, 0.717) is 24.3 Å². The Morgan fingerprint density at radius 2 is 1.91 bits per heavy atom. The molecule has 0 radical (unpaired) electrons. The Hall–Kier alpha value is -1.59. The van der Waals surface area contributed by atoms with E-state index in [9.17, 15) is 0 Å². The minimum atomic E-state index is -0.129. The summed E-state index contributed by atoms with van der Waals surface area (Å²) in [4.78, 5) is 8.66. The normalized spacial score (nSPS) is 14.2. The Bertz CT molecular complexity index is 487. The molecule has 6 heteroatoms. The maximum absolute atomic E-state index is 5.29. The van der Waals surface area contributed by atoms with E-state index in [2.05, 4.69) is 67.3 Å². The van der Waals surface area contributed by atoms with Crippen LogP contribution in [0.2, 0.25) is 0 Å². The molecule has 0 spiro atoms. The molecule has 1 atom stereocenters. The molecule has 1 aromatic heterocycles. The number of rotatable bonds is 7. The average Bonchev–Trinajstić information content (AvgIpc) is 2.91. The van der Waals surface area contributed by atoms with Gasteiger partial charge in [-0.1, -0.05) is 52.6 Å². The quantitative estimate of drug-likeness (QED) is 0.595. The minimum Gasteiger partial charge on any atom is -0.354 e. The van der Waals surface area contributed by atoms with Gasteiger partial charge in [-0.25, -0.2) is 0 Å². The molecule has 0 saturated carbocycles. The molecule has 1 heterocycles. The molecular formula is C17H33N5O. The van der Waals surface area contributed by atoms with Crippen LogP contribution in [0.5, 0.6) is 0 Å². The zero-order valence-corrected chi connectivity index (χ0v) is 15.7. The van der Waals surface area contributed by atoms with Crippen LogP contribution in [0.3, 0.4) is 0 Å². The van der Waals surface area contributed by atoms with Gasteiger partial charge in [0.1, 0.15) is 0 Å². The van der Waals surface area contributed by atoms with E-state index in [4.69, 9.17) is 4.52 Å². The number of guanidine groups is 1. The predicted octanol–water partition coefficient (Wildman–Crippen LogP) is 3.25. The van der Waals surface area contributed by atoms with E-state index < -0.39 is 0 Å². The first kappa shape index (κ1) is 19.5. The lowest BCUT2D eigenvalue weighted by Gasteiger charge is -2.17. The Kier molecular flexibility index (Phi) is 7.52. The lowest BCUT2D eigenvalue weighted by atomic mass is 9.97. The van der Waals surface area contributed by atoms with Gasteiger partial charge >= 0.3 is 0 Å². The Labute approximate surface area is 140 Å². The fourth-order valence-corrected chi connectivity index (χ4v) is 2.13. The second kappa shape index (κ2) is 8.89. The first-order valence-electron chi connectivity index (χ1n) is 8.52. The van der Waals surface area contributed by atoms with Crippen molar-refractivity contribution in [1.82, 2.24) is 20.8 Å². The SMILES string of the molecule is CN=C(NCc1noc(C(C)(C)C)n1)NC(C)CCCC(C)C. The van der Waals surface area contributed by atoms with Crippen molar-refractivity contribution in [2.45, 2.75) is 78.8 Å². The maximum atomic E-state index is 5.29. The highest BCUT2D eigenvalue weighted by atomic mass is 16.5. The summed E-state index contributed by atoms with van der Waals surface area (Å²) in [5.74, 6) is 2.82. The standard InChI is InChI=1S/C17H33N5O/c1-12(2)9-8-10-13(3)20-16(18-7)19-11-14-21-15(23-22-14)17(4,5)6/h12-13H,8-11H2,1-7H3,(H2,18,19,20). The van der Waals surface area contributed by atoms with Crippen LogP contribution in [0, 0.1) is 5.92 Å². The van der Waals surface area contributed by atoms with E-state index in [1.54, 1.807) is 7.05 Å². The summed E-state index contributed by atoms with van der Waals surface area (Å²) in [6, 6.07) is 0.385. The summed E-state index contributed by atoms with van der Waals surface area (Å²) in [7, 11) is 1.77. The van der Waals surface area contributed by atoms with Gasteiger partial charge in [0.05, 0.1) is 6.54 Å². The predicted molar refractivity (Wildman–Crippen MR) is 94.5 cm³/mol. The molecular weight excluding hydrogens is 290 g/mol. The highest BCUT2D eigenvalue weighted by Crippen LogP contribution is 2.19. The summed E-state index contributed by atoms with van der Waals surface area (Å²) >= 11 is 0. The number of aromatic nitrogens is 2. The van der Waals surface area contributed by atoms with Crippen molar-refractivity contribution in [3.63, 3.8) is 0 Å². The molecule has 1 rings (SSSR count). The average molecular weight is 323 g/mol. The van der Waals surface area contributed by atoms with Gasteiger partial charge in [0.15, 0.2) is 11.8 Å². The summed E-state index contributed by atoms with van der Waals surface area (Å²) in [6.07, 6.45) is 3.62. The molecule has 0 aliphatic heterocycles. The second-order valence-electron chi connectivity index (χ2n) is 7.56. The van der Waals surface area contributed by atoms with Crippen LogP contribution in [-0.2, 0) is 12.0 Å². The van der Waals surface area contributed by atoms with Gasteiger partial charge < -0.3 is 15.2 Å². The Balaban J connectivity index is 2.41. The topological polar surface area (TPSA) is 75.3 Å². The molecule has 132 valence electrons. The largest absolute Gasteiger partial charge is 0.354 e. The van der Waals surface area contributed by atoms with Crippen molar-refractivity contribution in [2.75, 3.05) is 7.05 Å². The van der Waals surface area contributed by atoms with E-state index in [1.807, 2.05) is 0 Å². The van der Waals surface area contributed by atoms with E-state index in [0.717, 1.165) is 18.3 Å². The molecule has 0 fully saturated rings. The lowest BCUT2D eigenvalue weighted by Crippen LogP contribution is -2.42. The zero-order chi connectivity index (χ0) is 17.5. The summed E-state index contributed by atoms with van der Waals surface area (Å²) in [6.45, 7) is 13.4. The van der Waals surface area contributed by atoms with E-state index in [-0.39, 0.29) is 5.41 Å². The van der Waals surface area contributed by atoms with Crippen LogP contribution < -0.4 is 10.6 Å². The van der Waals surface area contributed by atoms with Crippen LogP contribution in [0.25, 0.3) is 0 Å². The van der Waals surface area contributed by atoms with Crippen molar-refractivity contribution < 1.29 is 4.52 Å². The molecule has 0 aliphatic rings. The van der Waals surface area contributed by atoms with Crippen molar-refractivity contribution >= 4 is 5.96 Å². The smallest absolute Gasteiger partial charge is 0.232 e. The highest BCUT2D eigenvalue weighted by Gasteiger charge is 2.21. The van der Waals surface area contributed by atoms with Gasteiger partial charge in [0, 0.05) is 18.5 Å². The van der Waals surface area contributed by atoms with E-state index in [1.165, 1.54) is 12.8 Å². The molecule has 2 N–H and O–H groups in total. The second-order valence-corrected chi connectivity index (χ2v) is 7.56. The lowest BCUT2D eigenvalue weighted by molar-refractivity contribution is 0.318.